The largest absolute Gasteiger partial charge is 0.480 e. The van der Waals surface area contributed by atoms with Gasteiger partial charge in [-0.1, -0.05) is 56.9 Å². The minimum absolute atomic E-state index is 0.126. The molecule has 1 unspecified atom stereocenters. The molecule has 0 fully saturated rings. The second-order valence-corrected chi connectivity index (χ2v) is 12.4. The molecule has 0 aliphatic heterocycles. The van der Waals surface area contributed by atoms with E-state index in [-0.39, 0.29) is 18.7 Å². The van der Waals surface area contributed by atoms with Crippen LogP contribution in [0.1, 0.15) is 12.5 Å². The van der Waals surface area contributed by atoms with Crippen molar-refractivity contribution in [3.63, 3.8) is 0 Å². The van der Waals surface area contributed by atoms with Crippen LogP contribution < -0.4 is 11.1 Å². The molecule has 1 aromatic rings. The van der Waals surface area contributed by atoms with E-state index >= 15 is 0 Å². The minimum atomic E-state index is -1.80. The number of hydrogen-bond donors (Lipinski definition) is 3. The average molecular weight is 338 g/mol. The normalized spacial score (nSPS) is 15.3. The Bertz CT molecular complexity index is 545. The Kier molecular flexibility index (Phi) is 6.34. The molecule has 0 saturated heterocycles. The number of carboxylic acid groups (broad SMARTS) is 1. The van der Waals surface area contributed by atoms with Gasteiger partial charge in [-0.15, -0.1) is 0 Å². The number of carbonyl (C=O) groups excluding carboxylic acids is 1. The summed E-state index contributed by atoms with van der Waals surface area (Å²) >= 11 is 0. The SMILES string of the molecule is CC([C@](N)(CNC(=O)OCc1ccccc1)C(=O)O)[Si](C)(C)C. The molecule has 0 heterocycles. The van der Waals surface area contributed by atoms with E-state index in [1.807, 2.05) is 37.3 Å². The molecule has 128 valence electrons. The van der Waals surface area contributed by atoms with Crippen LogP contribution in [0.4, 0.5) is 4.79 Å². The zero-order chi connectivity index (χ0) is 17.7. The van der Waals surface area contributed by atoms with Gasteiger partial charge in [0.05, 0.1) is 0 Å². The van der Waals surface area contributed by atoms with E-state index in [2.05, 4.69) is 25.0 Å². The Morgan fingerprint density at radius 3 is 2.35 bits per heavy atom. The monoisotopic (exact) mass is 338 g/mol. The predicted molar refractivity (Wildman–Crippen MR) is 92.0 cm³/mol. The molecule has 1 aromatic carbocycles. The van der Waals surface area contributed by atoms with E-state index in [4.69, 9.17) is 10.5 Å². The van der Waals surface area contributed by atoms with Gasteiger partial charge in [-0.3, -0.25) is 4.79 Å². The molecule has 6 nitrogen and oxygen atoms in total. The zero-order valence-corrected chi connectivity index (χ0v) is 15.1. The van der Waals surface area contributed by atoms with Crippen LogP contribution in [0, 0.1) is 0 Å². The van der Waals surface area contributed by atoms with Gasteiger partial charge in [-0.2, -0.15) is 0 Å². The molecule has 0 spiro atoms. The second kappa shape index (κ2) is 7.61. The number of alkyl carbamates (subject to hydrolysis) is 1. The predicted octanol–water partition coefficient (Wildman–Crippen LogP) is 2.42. The van der Waals surface area contributed by atoms with Crippen molar-refractivity contribution in [2.45, 2.75) is 44.3 Å². The maximum Gasteiger partial charge on any atom is 0.407 e. The summed E-state index contributed by atoms with van der Waals surface area (Å²) < 4.78 is 5.08. The van der Waals surface area contributed by atoms with Gasteiger partial charge in [0.15, 0.2) is 0 Å². The topological polar surface area (TPSA) is 102 Å². The highest BCUT2D eigenvalue weighted by Crippen LogP contribution is 2.31. The first-order valence-corrected chi connectivity index (χ1v) is 11.1. The van der Waals surface area contributed by atoms with Gasteiger partial charge < -0.3 is 20.9 Å². The van der Waals surface area contributed by atoms with Crippen molar-refractivity contribution in [1.29, 1.82) is 0 Å². The first-order chi connectivity index (χ1) is 10.6. The molecule has 1 amide bonds. The van der Waals surface area contributed by atoms with E-state index in [0.717, 1.165) is 5.56 Å². The van der Waals surface area contributed by atoms with Crippen molar-refractivity contribution in [2.75, 3.05) is 6.54 Å². The third-order valence-electron chi connectivity index (χ3n) is 4.21. The summed E-state index contributed by atoms with van der Waals surface area (Å²) in [6.07, 6.45) is -0.673. The summed E-state index contributed by atoms with van der Waals surface area (Å²) in [5, 5.41) is 12.0. The molecule has 0 saturated carbocycles. The molecule has 23 heavy (non-hydrogen) atoms. The van der Waals surface area contributed by atoms with E-state index in [1.165, 1.54) is 0 Å². The Labute approximate surface area is 138 Å². The highest BCUT2D eigenvalue weighted by atomic mass is 28.3. The quantitative estimate of drug-likeness (QED) is 0.663. The van der Waals surface area contributed by atoms with E-state index in [9.17, 15) is 14.7 Å². The summed E-state index contributed by atoms with van der Waals surface area (Å²) in [5.41, 5.74) is 5.22. The molecule has 0 bridgehead atoms. The first-order valence-electron chi connectivity index (χ1n) is 7.54. The van der Waals surface area contributed by atoms with Crippen molar-refractivity contribution < 1.29 is 19.4 Å². The number of amides is 1. The molecule has 0 aromatic heterocycles. The van der Waals surface area contributed by atoms with Crippen molar-refractivity contribution in [1.82, 2.24) is 5.32 Å². The third kappa shape index (κ3) is 5.37. The lowest BCUT2D eigenvalue weighted by atomic mass is 9.97. The Morgan fingerprint density at radius 2 is 1.87 bits per heavy atom. The summed E-state index contributed by atoms with van der Waals surface area (Å²) in [7, 11) is -1.80. The molecular weight excluding hydrogens is 312 g/mol. The van der Waals surface area contributed by atoms with E-state index in [0.29, 0.717) is 0 Å². The molecule has 7 heteroatoms. The van der Waals surface area contributed by atoms with Crippen LogP contribution in [0.3, 0.4) is 0 Å². The fourth-order valence-electron chi connectivity index (χ4n) is 2.18. The van der Waals surface area contributed by atoms with Crippen LogP contribution in [0.2, 0.25) is 25.2 Å². The van der Waals surface area contributed by atoms with E-state index in [1.54, 1.807) is 0 Å². The highest BCUT2D eigenvalue weighted by Gasteiger charge is 2.46. The van der Waals surface area contributed by atoms with Crippen LogP contribution in [-0.2, 0) is 16.1 Å². The number of nitrogens with one attached hydrogen (secondary N) is 1. The smallest absolute Gasteiger partial charge is 0.407 e. The standard InChI is InChI=1S/C16H26N2O4Si/c1-12(23(2,3)4)16(17,14(19)20)11-18-15(21)22-10-13-8-6-5-7-9-13/h5-9,12H,10-11,17H2,1-4H3,(H,18,21)(H,19,20)/t12?,16-/m1/s1. The fourth-order valence-corrected chi connectivity index (χ4v) is 3.95. The molecular formula is C16H26N2O4Si. The molecule has 2 atom stereocenters. The number of benzene rings is 1. The van der Waals surface area contributed by atoms with Gasteiger partial charge in [0.2, 0.25) is 0 Å². The van der Waals surface area contributed by atoms with Crippen molar-refractivity contribution in [2.24, 2.45) is 5.73 Å². The van der Waals surface area contributed by atoms with Gasteiger partial charge in [0.1, 0.15) is 12.1 Å². The molecule has 4 N–H and O–H groups in total. The van der Waals surface area contributed by atoms with Crippen LogP contribution in [0.5, 0.6) is 0 Å². The third-order valence-corrected chi connectivity index (χ3v) is 7.32. The number of rotatable bonds is 7. The summed E-state index contributed by atoms with van der Waals surface area (Å²) in [4.78, 5) is 23.4. The lowest BCUT2D eigenvalue weighted by molar-refractivity contribution is -0.143. The van der Waals surface area contributed by atoms with Crippen molar-refractivity contribution >= 4 is 20.1 Å². The highest BCUT2D eigenvalue weighted by molar-refractivity contribution is 6.78. The summed E-state index contributed by atoms with van der Waals surface area (Å²) in [6, 6.07) is 9.25. The average Bonchev–Trinajstić information content (AvgIpc) is 2.49. The molecule has 0 radical (unpaired) electrons. The minimum Gasteiger partial charge on any atom is -0.480 e. The summed E-state index contributed by atoms with van der Waals surface area (Å²) in [5.74, 6) is -1.12. The summed E-state index contributed by atoms with van der Waals surface area (Å²) in [6.45, 7) is 7.95. The number of carbonyl (C=O) groups is 2. The van der Waals surface area contributed by atoms with E-state index < -0.39 is 25.7 Å². The van der Waals surface area contributed by atoms with Gasteiger partial charge >= 0.3 is 12.1 Å². The van der Waals surface area contributed by atoms with Crippen LogP contribution in [-0.4, -0.2) is 37.3 Å². The van der Waals surface area contributed by atoms with Crippen molar-refractivity contribution in [3.8, 4) is 0 Å². The van der Waals surface area contributed by atoms with Gasteiger partial charge in [-0.25, -0.2) is 4.79 Å². The number of aliphatic carboxylic acids is 1. The number of carboxylic acids is 1. The fraction of sp³-hybridized carbons (Fsp3) is 0.500. The lowest BCUT2D eigenvalue weighted by Gasteiger charge is -2.38. The second-order valence-electron chi connectivity index (χ2n) is 6.85. The van der Waals surface area contributed by atoms with Gasteiger partial charge in [-0.05, 0) is 11.1 Å². The van der Waals surface area contributed by atoms with Crippen LogP contribution in [0.25, 0.3) is 0 Å². The Morgan fingerprint density at radius 1 is 1.30 bits per heavy atom. The maximum absolute atomic E-state index is 11.8. The van der Waals surface area contributed by atoms with Gasteiger partial charge in [0.25, 0.3) is 0 Å². The number of nitrogens with two attached hydrogens (primary N) is 1. The van der Waals surface area contributed by atoms with Gasteiger partial charge in [0, 0.05) is 14.6 Å². The maximum atomic E-state index is 11.8. The molecule has 0 aliphatic carbocycles. The Balaban J connectivity index is 2.61. The van der Waals surface area contributed by atoms with Crippen molar-refractivity contribution in [3.05, 3.63) is 35.9 Å². The number of ether oxygens (including phenoxy) is 1. The Hall–Kier alpha value is -1.86. The van der Waals surface area contributed by atoms with Crippen LogP contribution in [0.15, 0.2) is 30.3 Å². The molecule has 0 aliphatic rings. The lowest BCUT2D eigenvalue weighted by Crippen LogP contribution is -2.62. The zero-order valence-electron chi connectivity index (χ0n) is 14.1. The number of hydrogen-bond acceptors (Lipinski definition) is 4. The van der Waals surface area contributed by atoms with Crippen LogP contribution >= 0.6 is 0 Å². The molecule has 1 rings (SSSR count). The first kappa shape index (κ1) is 19.2.